The minimum absolute atomic E-state index is 0.0144. The molecule has 1 aromatic carbocycles. The zero-order valence-electron chi connectivity index (χ0n) is 20.3. The summed E-state index contributed by atoms with van der Waals surface area (Å²) in [5.41, 5.74) is -0.134. The van der Waals surface area contributed by atoms with Crippen LogP contribution >= 0.6 is 0 Å². The minimum Gasteiger partial charge on any atom is -0.394 e. The van der Waals surface area contributed by atoms with Crippen LogP contribution in [-0.4, -0.2) is 61.7 Å². The largest absolute Gasteiger partial charge is 0.416 e. The number of likely N-dealkylation sites (tertiary alicyclic amines) is 1. The second-order valence-corrected chi connectivity index (χ2v) is 9.33. The van der Waals surface area contributed by atoms with Gasteiger partial charge in [-0.25, -0.2) is 13.8 Å². The van der Waals surface area contributed by atoms with Crippen molar-refractivity contribution in [1.29, 1.82) is 0 Å². The Morgan fingerprint density at radius 2 is 1.89 bits per heavy atom. The van der Waals surface area contributed by atoms with E-state index in [2.05, 4.69) is 4.99 Å². The second-order valence-electron chi connectivity index (χ2n) is 9.33. The minimum atomic E-state index is -4.72. The number of carbonyl (C=O) groups excluding carboxylic acids is 1. The van der Waals surface area contributed by atoms with E-state index in [0.29, 0.717) is 58.6 Å². The van der Waals surface area contributed by atoms with Crippen LogP contribution in [0.1, 0.15) is 55.7 Å². The fraction of sp³-hybridized carbons (Fsp3) is 0.600. The monoisotopic (exact) mass is 513 g/mol. The smallest absolute Gasteiger partial charge is 0.394 e. The van der Waals surface area contributed by atoms with Crippen molar-refractivity contribution in [2.24, 2.45) is 10.9 Å². The van der Waals surface area contributed by atoms with Gasteiger partial charge in [-0.2, -0.15) is 13.2 Å². The van der Waals surface area contributed by atoms with E-state index in [1.807, 2.05) is 11.0 Å². The van der Waals surface area contributed by atoms with Gasteiger partial charge in [-0.15, -0.1) is 0 Å². The molecule has 0 unspecified atom stereocenters. The van der Waals surface area contributed by atoms with Crippen molar-refractivity contribution in [2.75, 3.05) is 32.9 Å². The maximum absolute atomic E-state index is 13.6. The average molecular weight is 513 g/mol. The Kier molecular flexibility index (Phi) is 9.83. The molecule has 3 rings (SSSR count). The molecule has 0 atom stereocenters. The first-order valence-corrected chi connectivity index (χ1v) is 12.1. The number of nitrogens with zero attached hydrogens (tertiary/aromatic N) is 2. The van der Waals surface area contributed by atoms with E-state index in [1.54, 1.807) is 0 Å². The standard InChI is InChI=1S/C25H31BF5N2O3/c1-24(27,28)19-6-5-18(20(15-19)25(29,30)31)16-33-9-7-17(8-10-33)14-21-22(32-23(35)26-21)4-2-3-12-36-13-11-34/h5-6,14-15,17,34H,2-4,7-13,16H2,1H3. The summed E-state index contributed by atoms with van der Waals surface area (Å²) in [6.07, 6.45) is 0.956. The van der Waals surface area contributed by atoms with Gasteiger partial charge in [0.15, 0.2) is 5.81 Å². The lowest BCUT2D eigenvalue weighted by Crippen LogP contribution is -2.33. The number of rotatable bonds is 11. The van der Waals surface area contributed by atoms with Crippen LogP contribution in [0, 0.1) is 5.92 Å². The lowest BCUT2D eigenvalue weighted by Gasteiger charge is -2.32. The number of benzene rings is 1. The zero-order chi connectivity index (χ0) is 26.3. The number of hydrogen-bond acceptors (Lipinski definition) is 4. The van der Waals surface area contributed by atoms with Gasteiger partial charge < -0.3 is 9.84 Å². The van der Waals surface area contributed by atoms with Gasteiger partial charge in [-0.1, -0.05) is 23.7 Å². The molecular weight excluding hydrogens is 482 g/mol. The molecule has 36 heavy (non-hydrogen) atoms. The molecule has 2 aliphatic rings. The molecule has 2 aliphatic heterocycles. The number of aliphatic imine (C=N–C) groups is 1. The van der Waals surface area contributed by atoms with E-state index in [-0.39, 0.29) is 30.4 Å². The summed E-state index contributed by atoms with van der Waals surface area (Å²) in [4.78, 5) is 17.8. The topological polar surface area (TPSA) is 62.1 Å². The van der Waals surface area contributed by atoms with Crippen LogP contribution in [-0.2, 0) is 23.4 Å². The maximum Gasteiger partial charge on any atom is 0.416 e. The average Bonchev–Trinajstić information content (AvgIpc) is 3.15. The molecule has 0 bridgehead atoms. The summed E-state index contributed by atoms with van der Waals surface area (Å²) in [5.74, 6) is -3.47. The van der Waals surface area contributed by atoms with Gasteiger partial charge in [0.2, 0.25) is 0 Å². The number of unbranched alkanes of at least 4 members (excludes halogenated alkanes) is 1. The highest BCUT2D eigenvalue weighted by atomic mass is 19.4. The fourth-order valence-corrected chi connectivity index (χ4v) is 4.48. The fourth-order valence-electron chi connectivity index (χ4n) is 4.48. The van der Waals surface area contributed by atoms with E-state index in [1.165, 1.54) is 7.28 Å². The Hall–Kier alpha value is -2.11. The van der Waals surface area contributed by atoms with Crippen LogP contribution in [0.4, 0.5) is 26.7 Å². The number of amides is 1. The maximum atomic E-state index is 13.6. The Bertz CT molecular complexity index is 967. The molecule has 2 heterocycles. The number of allylic oxidation sites excluding steroid dienone is 2. The van der Waals surface area contributed by atoms with Gasteiger partial charge in [0.1, 0.15) is 0 Å². The van der Waals surface area contributed by atoms with E-state index in [0.717, 1.165) is 36.2 Å². The Balaban J connectivity index is 1.56. The molecule has 0 aromatic heterocycles. The van der Waals surface area contributed by atoms with Gasteiger partial charge in [-0.3, -0.25) is 9.69 Å². The van der Waals surface area contributed by atoms with Gasteiger partial charge in [0, 0.05) is 31.4 Å². The molecule has 0 saturated carbocycles. The Morgan fingerprint density at radius 1 is 1.17 bits per heavy atom. The van der Waals surface area contributed by atoms with Crippen molar-refractivity contribution in [1.82, 2.24) is 4.90 Å². The number of carbonyl (C=O) groups is 1. The van der Waals surface area contributed by atoms with Crippen LogP contribution in [0.2, 0.25) is 0 Å². The molecular formula is C25H31BF5N2O3. The zero-order valence-corrected chi connectivity index (χ0v) is 20.3. The van der Waals surface area contributed by atoms with Gasteiger partial charge in [-0.05, 0) is 62.7 Å². The van der Waals surface area contributed by atoms with Gasteiger partial charge in [0.05, 0.1) is 18.8 Å². The highest BCUT2D eigenvalue weighted by Gasteiger charge is 2.36. The molecule has 1 aromatic rings. The van der Waals surface area contributed by atoms with Crippen LogP contribution in [0.15, 0.2) is 34.7 Å². The summed E-state index contributed by atoms with van der Waals surface area (Å²) >= 11 is 0. The number of halogens is 5. The third kappa shape index (κ3) is 8.21. The van der Waals surface area contributed by atoms with E-state index >= 15 is 0 Å². The quantitative estimate of drug-likeness (QED) is 0.246. The van der Waals surface area contributed by atoms with E-state index in [4.69, 9.17) is 9.84 Å². The molecule has 1 N–H and O–H groups in total. The predicted molar refractivity (Wildman–Crippen MR) is 127 cm³/mol. The molecule has 1 amide bonds. The van der Waals surface area contributed by atoms with Crippen molar-refractivity contribution >= 4 is 18.8 Å². The predicted octanol–water partition coefficient (Wildman–Crippen LogP) is 5.37. The lowest BCUT2D eigenvalue weighted by atomic mass is 9.67. The molecule has 1 fully saturated rings. The van der Waals surface area contributed by atoms with E-state index < -0.39 is 23.2 Å². The molecule has 5 nitrogen and oxygen atoms in total. The first kappa shape index (κ1) is 28.5. The summed E-state index contributed by atoms with van der Waals surface area (Å²) in [7, 11) is 1.52. The number of aliphatic hydroxyl groups is 1. The van der Waals surface area contributed by atoms with Crippen molar-refractivity contribution in [3.05, 3.63) is 46.4 Å². The van der Waals surface area contributed by atoms with Crippen LogP contribution in [0.25, 0.3) is 0 Å². The Morgan fingerprint density at radius 3 is 2.53 bits per heavy atom. The van der Waals surface area contributed by atoms with Gasteiger partial charge in [0.25, 0.3) is 13.2 Å². The molecule has 1 saturated heterocycles. The number of piperidine rings is 1. The first-order chi connectivity index (χ1) is 17.0. The lowest BCUT2D eigenvalue weighted by molar-refractivity contribution is -0.138. The van der Waals surface area contributed by atoms with E-state index in [9.17, 15) is 26.7 Å². The van der Waals surface area contributed by atoms with Crippen molar-refractivity contribution in [3.63, 3.8) is 0 Å². The first-order valence-electron chi connectivity index (χ1n) is 12.1. The molecule has 0 spiro atoms. The summed E-state index contributed by atoms with van der Waals surface area (Å²) in [6, 6.07) is 2.77. The normalized spacial score (nSPS) is 19.1. The highest BCUT2D eigenvalue weighted by molar-refractivity contribution is 6.86. The van der Waals surface area contributed by atoms with Crippen LogP contribution in [0.3, 0.4) is 0 Å². The SMILES string of the molecule is CC(F)(F)c1ccc(CN2CCC(C=C3[B]C(=O)N=C3CCCCOCCO)CC2)c(C(F)(F)F)c1. The third-order valence-electron chi connectivity index (χ3n) is 6.41. The second kappa shape index (κ2) is 12.4. The van der Waals surface area contributed by atoms with Crippen molar-refractivity contribution < 1.29 is 36.6 Å². The highest BCUT2D eigenvalue weighted by Crippen LogP contribution is 2.37. The number of hydrogen-bond donors (Lipinski definition) is 1. The molecule has 11 heteroatoms. The Labute approximate surface area is 208 Å². The number of aliphatic hydroxyl groups excluding tert-OH is 1. The van der Waals surface area contributed by atoms with Gasteiger partial charge >= 0.3 is 6.18 Å². The molecule has 1 radical (unpaired) electrons. The molecule has 0 aliphatic carbocycles. The van der Waals surface area contributed by atoms with Crippen LogP contribution in [0.5, 0.6) is 0 Å². The summed E-state index contributed by atoms with van der Waals surface area (Å²) in [5, 5.41) is 8.72. The molecule has 197 valence electrons. The third-order valence-corrected chi connectivity index (χ3v) is 6.41. The summed E-state index contributed by atoms with van der Waals surface area (Å²) < 4.78 is 73.1. The summed E-state index contributed by atoms with van der Waals surface area (Å²) in [6.45, 7) is 2.54. The van der Waals surface area contributed by atoms with Crippen molar-refractivity contribution in [3.8, 4) is 0 Å². The number of ether oxygens (including phenoxy) is 1. The number of alkyl halides is 5. The van der Waals surface area contributed by atoms with Crippen molar-refractivity contribution in [2.45, 2.75) is 57.7 Å². The van der Waals surface area contributed by atoms with Crippen LogP contribution < -0.4 is 0 Å².